The van der Waals surface area contributed by atoms with Gasteiger partial charge in [-0.3, -0.25) is 0 Å². The van der Waals surface area contributed by atoms with Gasteiger partial charge in [-0.05, 0) is 6.92 Å². The predicted molar refractivity (Wildman–Crippen MR) is 39.1 cm³/mol. The third-order valence-electron chi connectivity index (χ3n) is 0.751. The van der Waals surface area contributed by atoms with Crippen LogP contribution in [-0.4, -0.2) is 6.67 Å². The van der Waals surface area contributed by atoms with Gasteiger partial charge in [0.25, 0.3) is 0 Å². The van der Waals surface area contributed by atoms with Crippen LogP contribution in [0.15, 0.2) is 36.5 Å². The van der Waals surface area contributed by atoms with Crippen LogP contribution in [0.25, 0.3) is 0 Å². The van der Waals surface area contributed by atoms with Gasteiger partial charge in [0.1, 0.15) is 6.67 Å². The van der Waals surface area contributed by atoms with E-state index < -0.39 is 0 Å². The van der Waals surface area contributed by atoms with Crippen molar-refractivity contribution in [2.45, 2.75) is 6.92 Å². The van der Waals surface area contributed by atoms with Crippen LogP contribution in [-0.2, 0) is 0 Å². The lowest BCUT2D eigenvalue weighted by atomic mass is 10.4. The van der Waals surface area contributed by atoms with Crippen LogP contribution < -0.4 is 0 Å². The molecular weight excluding hydrogens is 115 g/mol. The molecule has 0 nitrogen and oxygen atoms in total. The molecule has 0 aromatic carbocycles. The molecule has 9 heavy (non-hydrogen) atoms. The van der Waals surface area contributed by atoms with Gasteiger partial charge in [-0.2, -0.15) is 0 Å². The summed E-state index contributed by atoms with van der Waals surface area (Å²) in [5.41, 5.74) is 0. The Labute approximate surface area is 55.4 Å². The molecule has 0 aliphatic carbocycles. The highest BCUT2D eigenvalue weighted by Gasteiger charge is 1.62. The van der Waals surface area contributed by atoms with Crippen LogP contribution in [0.1, 0.15) is 6.92 Å². The van der Waals surface area contributed by atoms with E-state index in [1.807, 2.05) is 25.2 Å². The molecule has 0 amide bonds. The van der Waals surface area contributed by atoms with Crippen molar-refractivity contribution in [3.8, 4) is 0 Å². The van der Waals surface area contributed by atoms with Gasteiger partial charge >= 0.3 is 0 Å². The van der Waals surface area contributed by atoms with Gasteiger partial charge in [-0.1, -0.05) is 36.5 Å². The smallest absolute Gasteiger partial charge is 0.108 e. The van der Waals surface area contributed by atoms with Crippen LogP contribution in [0.4, 0.5) is 4.39 Å². The minimum Gasteiger partial charge on any atom is -0.247 e. The topological polar surface area (TPSA) is 0 Å². The SMILES string of the molecule is C\C=C/C=C\C=C\CF. The highest BCUT2D eigenvalue weighted by Crippen LogP contribution is 1.79. The summed E-state index contributed by atoms with van der Waals surface area (Å²) >= 11 is 0. The number of rotatable bonds is 3. The maximum absolute atomic E-state index is 11.4. The molecule has 0 saturated carbocycles. The molecule has 0 rings (SSSR count). The maximum Gasteiger partial charge on any atom is 0.108 e. The van der Waals surface area contributed by atoms with Gasteiger partial charge in [0.05, 0.1) is 0 Å². The minimum atomic E-state index is -0.389. The number of alkyl halides is 1. The van der Waals surface area contributed by atoms with Crippen LogP contribution in [0.2, 0.25) is 0 Å². The van der Waals surface area contributed by atoms with E-state index in [9.17, 15) is 4.39 Å². The first kappa shape index (κ1) is 8.15. The van der Waals surface area contributed by atoms with Gasteiger partial charge in [-0.25, -0.2) is 4.39 Å². The third kappa shape index (κ3) is 7.15. The molecular formula is C8H11F. The first-order chi connectivity index (χ1) is 4.41. The van der Waals surface area contributed by atoms with E-state index >= 15 is 0 Å². The summed E-state index contributed by atoms with van der Waals surface area (Å²) in [6.45, 7) is 1.55. The Morgan fingerprint density at radius 3 is 2.33 bits per heavy atom. The molecule has 0 fully saturated rings. The minimum absolute atomic E-state index is 0.389. The first-order valence-electron chi connectivity index (χ1n) is 2.92. The summed E-state index contributed by atoms with van der Waals surface area (Å²) in [4.78, 5) is 0. The standard InChI is InChI=1S/C8H11F/c1-2-3-4-5-6-7-8-9/h2-7H,8H2,1H3/b3-2-,5-4-,7-6+. The zero-order chi connectivity index (χ0) is 6.95. The van der Waals surface area contributed by atoms with E-state index in [1.165, 1.54) is 6.08 Å². The fourth-order valence-corrected chi connectivity index (χ4v) is 0.369. The van der Waals surface area contributed by atoms with Crippen molar-refractivity contribution in [2.75, 3.05) is 6.67 Å². The van der Waals surface area contributed by atoms with E-state index in [-0.39, 0.29) is 6.67 Å². The number of allylic oxidation sites excluding steroid dienone is 6. The number of halogens is 1. The lowest BCUT2D eigenvalue weighted by Crippen LogP contribution is -1.57. The molecule has 0 unspecified atom stereocenters. The fraction of sp³-hybridized carbons (Fsp3) is 0.250. The van der Waals surface area contributed by atoms with Crippen molar-refractivity contribution in [3.05, 3.63) is 36.5 Å². The Morgan fingerprint density at radius 2 is 1.78 bits per heavy atom. The van der Waals surface area contributed by atoms with Gasteiger partial charge in [0.15, 0.2) is 0 Å². The average molecular weight is 126 g/mol. The Balaban J connectivity index is 3.35. The Bertz CT molecular complexity index is 121. The van der Waals surface area contributed by atoms with Crippen molar-refractivity contribution >= 4 is 0 Å². The summed E-state index contributed by atoms with van der Waals surface area (Å²) < 4.78 is 11.4. The van der Waals surface area contributed by atoms with E-state index in [1.54, 1.807) is 12.2 Å². The molecule has 0 N–H and O–H groups in total. The zero-order valence-corrected chi connectivity index (χ0v) is 5.55. The van der Waals surface area contributed by atoms with Crippen molar-refractivity contribution in [3.63, 3.8) is 0 Å². The molecule has 0 aromatic rings. The highest BCUT2D eigenvalue weighted by atomic mass is 19.1. The Morgan fingerprint density at radius 1 is 1.11 bits per heavy atom. The van der Waals surface area contributed by atoms with E-state index in [0.29, 0.717) is 0 Å². The Hall–Kier alpha value is -0.850. The lowest BCUT2D eigenvalue weighted by molar-refractivity contribution is 0.562. The summed E-state index contributed by atoms with van der Waals surface area (Å²) in [5, 5.41) is 0. The summed E-state index contributed by atoms with van der Waals surface area (Å²) in [6.07, 6.45) is 10.6. The molecule has 0 spiro atoms. The van der Waals surface area contributed by atoms with E-state index in [4.69, 9.17) is 0 Å². The summed E-state index contributed by atoms with van der Waals surface area (Å²) in [6, 6.07) is 0. The molecule has 0 aromatic heterocycles. The first-order valence-corrected chi connectivity index (χ1v) is 2.92. The highest BCUT2D eigenvalue weighted by molar-refractivity contribution is 5.10. The van der Waals surface area contributed by atoms with Crippen molar-refractivity contribution in [1.29, 1.82) is 0 Å². The van der Waals surface area contributed by atoms with Crippen LogP contribution in [0.5, 0.6) is 0 Å². The fourth-order valence-electron chi connectivity index (χ4n) is 0.369. The normalized spacial score (nSPS) is 12.7. The molecule has 0 aliphatic heterocycles. The van der Waals surface area contributed by atoms with E-state index in [0.717, 1.165) is 0 Å². The molecule has 0 atom stereocenters. The second-order valence-corrected chi connectivity index (χ2v) is 1.49. The van der Waals surface area contributed by atoms with Crippen molar-refractivity contribution < 1.29 is 4.39 Å². The third-order valence-corrected chi connectivity index (χ3v) is 0.751. The molecule has 0 radical (unpaired) electrons. The lowest BCUT2D eigenvalue weighted by Gasteiger charge is -1.71. The van der Waals surface area contributed by atoms with Crippen molar-refractivity contribution in [2.24, 2.45) is 0 Å². The van der Waals surface area contributed by atoms with Crippen LogP contribution in [0.3, 0.4) is 0 Å². The second-order valence-electron chi connectivity index (χ2n) is 1.49. The Kier molecular flexibility index (Phi) is 6.47. The monoisotopic (exact) mass is 126 g/mol. The quantitative estimate of drug-likeness (QED) is 0.510. The zero-order valence-electron chi connectivity index (χ0n) is 5.55. The second kappa shape index (κ2) is 7.15. The van der Waals surface area contributed by atoms with Gasteiger partial charge in [-0.15, -0.1) is 0 Å². The largest absolute Gasteiger partial charge is 0.247 e. The molecule has 0 heterocycles. The molecule has 0 saturated heterocycles. The maximum atomic E-state index is 11.4. The van der Waals surface area contributed by atoms with Crippen LogP contribution in [0, 0.1) is 0 Å². The molecule has 50 valence electrons. The summed E-state index contributed by atoms with van der Waals surface area (Å²) in [7, 11) is 0. The van der Waals surface area contributed by atoms with Gasteiger partial charge < -0.3 is 0 Å². The van der Waals surface area contributed by atoms with Crippen LogP contribution >= 0.6 is 0 Å². The van der Waals surface area contributed by atoms with Gasteiger partial charge in [0, 0.05) is 0 Å². The molecule has 1 heteroatoms. The number of hydrogen-bond donors (Lipinski definition) is 0. The average Bonchev–Trinajstić information content (AvgIpc) is 1.89. The number of hydrogen-bond acceptors (Lipinski definition) is 0. The molecule has 0 aliphatic rings. The van der Waals surface area contributed by atoms with Crippen molar-refractivity contribution in [1.82, 2.24) is 0 Å². The molecule has 0 bridgehead atoms. The van der Waals surface area contributed by atoms with Gasteiger partial charge in [0.2, 0.25) is 0 Å². The summed E-state index contributed by atoms with van der Waals surface area (Å²) in [5.74, 6) is 0. The predicted octanol–water partition coefficient (Wildman–Crippen LogP) is 2.64. The van der Waals surface area contributed by atoms with E-state index in [2.05, 4.69) is 0 Å².